The van der Waals surface area contributed by atoms with Crippen molar-refractivity contribution in [3.63, 3.8) is 0 Å². The van der Waals surface area contributed by atoms with E-state index in [1.807, 2.05) is 0 Å². The van der Waals surface area contributed by atoms with E-state index in [2.05, 4.69) is 166 Å². The zero-order chi connectivity index (χ0) is 33.1. The minimum atomic E-state index is -0.200. The molecule has 1 rings (SSSR count). The number of carbonyl (C=O) groups is 1. The summed E-state index contributed by atoms with van der Waals surface area (Å²) in [7, 11) is 0. The highest BCUT2D eigenvalue weighted by Gasteiger charge is 2.33. The van der Waals surface area contributed by atoms with E-state index in [0.29, 0.717) is 0 Å². The molecule has 0 spiro atoms. The largest absolute Gasteiger partial charge is 0.462 e. The van der Waals surface area contributed by atoms with Gasteiger partial charge in [-0.3, -0.25) is 4.79 Å². The lowest BCUT2D eigenvalue weighted by Crippen LogP contribution is -2.31. The number of carbonyl (C=O) groups excluding carboxylic acids is 1. The van der Waals surface area contributed by atoms with E-state index in [1.165, 1.54) is 51.5 Å². The van der Waals surface area contributed by atoms with Crippen LogP contribution in [-0.2, 0) is 9.53 Å². The van der Waals surface area contributed by atoms with E-state index in [-0.39, 0.29) is 17.5 Å². The molecule has 0 radical (unpaired) electrons. The van der Waals surface area contributed by atoms with Gasteiger partial charge >= 0.3 is 5.97 Å². The van der Waals surface area contributed by atoms with Crippen molar-refractivity contribution in [2.45, 2.75) is 108 Å². The van der Waals surface area contributed by atoms with Crippen LogP contribution in [0.25, 0.3) is 0 Å². The Bertz CT molecular complexity index is 1330. The van der Waals surface area contributed by atoms with Crippen LogP contribution in [0.1, 0.15) is 102 Å². The normalized spacial score (nSPS) is 19.4. The summed E-state index contributed by atoms with van der Waals surface area (Å²) in [5, 5.41) is 0. The van der Waals surface area contributed by atoms with E-state index >= 15 is 0 Å². The molecule has 0 aliphatic heterocycles. The maximum atomic E-state index is 11.4. The first kappa shape index (κ1) is 38.4. The molecule has 2 nitrogen and oxygen atoms in total. The van der Waals surface area contributed by atoms with Crippen LogP contribution in [-0.4, -0.2) is 12.1 Å². The molecule has 0 aromatic heterocycles. The van der Waals surface area contributed by atoms with Gasteiger partial charge in [-0.1, -0.05) is 150 Å². The monoisotopic (exact) mass is 594 g/mol. The van der Waals surface area contributed by atoms with Gasteiger partial charge in [0.1, 0.15) is 6.10 Å². The van der Waals surface area contributed by atoms with Crippen LogP contribution < -0.4 is 0 Å². The summed E-state index contributed by atoms with van der Waals surface area (Å²) in [5.74, 6) is -0.200. The SMILES string of the molecule is CC(=O)OC1CC(C)=C(/C=C/C(C)=C/C=C/C(C)=C/C=C/C=C(C)/C=C/C=C(C)/C=C/C=C(\C)CCC=C(C)C)C(C)(C)C1. The van der Waals surface area contributed by atoms with E-state index in [1.54, 1.807) is 0 Å². The lowest BCUT2D eigenvalue weighted by Gasteiger charge is -2.37. The van der Waals surface area contributed by atoms with Crippen LogP contribution in [0.3, 0.4) is 0 Å². The minimum absolute atomic E-state index is 0.0295. The molecule has 1 atom stereocenters. The third kappa shape index (κ3) is 17.5. The third-order valence-electron chi connectivity index (χ3n) is 7.40. The van der Waals surface area contributed by atoms with Crippen LogP contribution in [0.4, 0.5) is 0 Å². The van der Waals surface area contributed by atoms with Gasteiger partial charge in [0.25, 0.3) is 0 Å². The Labute approximate surface area is 270 Å². The number of ether oxygens (including phenoxy) is 1. The van der Waals surface area contributed by atoms with Crippen LogP contribution in [0.15, 0.2) is 142 Å². The van der Waals surface area contributed by atoms with Gasteiger partial charge in [-0.25, -0.2) is 0 Å². The van der Waals surface area contributed by atoms with Crippen molar-refractivity contribution in [3.8, 4) is 0 Å². The number of rotatable bonds is 14. The van der Waals surface area contributed by atoms with Gasteiger partial charge in [-0.2, -0.15) is 0 Å². The number of esters is 1. The second-order valence-electron chi connectivity index (χ2n) is 13.0. The average Bonchev–Trinajstić information content (AvgIpc) is 2.89. The van der Waals surface area contributed by atoms with Crippen LogP contribution >= 0.6 is 0 Å². The smallest absolute Gasteiger partial charge is 0.302 e. The number of hydrogen-bond acceptors (Lipinski definition) is 2. The summed E-state index contributed by atoms with van der Waals surface area (Å²) in [6.45, 7) is 23.0. The Hall–Kier alpha value is -3.65. The van der Waals surface area contributed by atoms with Crippen molar-refractivity contribution in [1.82, 2.24) is 0 Å². The molecule has 0 saturated carbocycles. The molecular formula is C42H58O2. The van der Waals surface area contributed by atoms with E-state index < -0.39 is 0 Å². The first-order valence-electron chi connectivity index (χ1n) is 15.9. The molecule has 0 fully saturated rings. The van der Waals surface area contributed by atoms with Gasteiger partial charge in [0.05, 0.1) is 0 Å². The second kappa shape index (κ2) is 20.3. The number of allylic oxidation sites excluding steroid dienone is 23. The third-order valence-corrected chi connectivity index (χ3v) is 7.40. The first-order valence-corrected chi connectivity index (χ1v) is 15.9. The van der Waals surface area contributed by atoms with Crippen molar-refractivity contribution < 1.29 is 9.53 Å². The highest BCUT2D eigenvalue weighted by atomic mass is 16.5. The molecule has 1 aliphatic carbocycles. The van der Waals surface area contributed by atoms with Gasteiger partial charge in [-0.05, 0) is 85.6 Å². The highest BCUT2D eigenvalue weighted by Crippen LogP contribution is 2.42. The topological polar surface area (TPSA) is 26.3 Å². The maximum absolute atomic E-state index is 11.4. The highest BCUT2D eigenvalue weighted by molar-refractivity contribution is 5.66. The predicted molar refractivity (Wildman–Crippen MR) is 194 cm³/mol. The molecule has 0 amide bonds. The van der Waals surface area contributed by atoms with E-state index in [4.69, 9.17) is 4.74 Å². The summed E-state index contributed by atoms with van der Waals surface area (Å²) in [6.07, 6.45) is 38.1. The summed E-state index contributed by atoms with van der Waals surface area (Å²) >= 11 is 0. The maximum Gasteiger partial charge on any atom is 0.302 e. The number of hydrogen-bond donors (Lipinski definition) is 0. The Morgan fingerprint density at radius 1 is 0.727 bits per heavy atom. The van der Waals surface area contributed by atoms with Gasteiger partial charge < -0.3 is 4.74 Å². The average molecular weight is 595 g/mol. The summed E-state index contributed by atoms with van der Waals surface area (Å²) in [6, 6.07) is 0. The fraction of sp³-hybridized carbons (Fsp3) is 0.405. The molecule has 1 aliphatic rings. The lowest BCUT2D eigenvalue weighted by molar-refractivity contribution is -0.147. The van der Waals surface area contributed by atoms with Gasteiger partial charge in [0.2, 0.25) is 0 Å². The van der Waals surface area contributed by atoms with E-state index in [9.17, 15) is 4.79 Å². The Morgan fingerprint density at radius 3 is 1.68 bits per heavy atom. The van der Waals surface area contributed by atoms with Crippen LogP contribution in [0.2, 0.25) is 0 Å². The van der Waals surface area contributed by atoms with Crippen molar-refractivity contribution in [2.75, 3.05) is 0 Å². The molecule has 0 N–H and O–H groups in total. The lowest BCUT2D eigenvalue weighted by atomic mass is 9.71. The summed E-state index contributed by atoms with van der Waals surface area (Å²) in [4.78, 5) is 11.4. The van der Waals surface area contributed by atoms with Gasteiger partial charge in [0.15, 0.2) is 0 Å². The van der Waals surface area contributed by atoms with Crippen molar-refractivity contribution in [1.29, 1.82) is 0 Å². The Balaban J connectivity index is 2.64. The zero-order valence-electron chi connectivity index (χ0n) is 29.5. The van der Waals surface area contributed by atoms with E-state index in [0.717, 1.165) is 25.7 Å². The van der Waals surface area contributed by atoms with Gasteiger partial charge in [-0.15, -0.1) is 0 Å². The fourth-order valence-corrected chi connectivity index (χ4v) is 5.06. The summed E-state index contributed by atoms with van der Waals surface area (Å²) < 4.78 is 5.50. The quantitative estimate of drug-likeness (QED) is 0.114. The molecule has 1 unspecified atom stereocenters. The Morgan fingerprint density at radius 2 is 1.20 bits per heavy atom. The Kier molecular flexibility index (Phi) is 17.7. The molecule has 2 heteroatoms. The van der Waals surface area contributed by atoms with Crippen LogP contribution in [0, 0.1) is 5.41 Å². The second-order valence-corrected chi connectivity index (χ2v) is 13.0. The molecule has 0 saturated heterocycles. The van der Waals surface area contributed by atoms with Crippen LogP contribution in [0.5, 0.6) is 0 Å². The van der Waals surface area contributed by atoms with Crippen molar-refractivity contribution >= 4 is 5.97 Å². The van der Waals surface area contributed by atoms with Crippen molar-refractivity contribution in [3.05, 3.63) is 142 Å². The van der Waals surface area contributed by atoms with Gasteiger partial charge in [0, 0.05) is 13.3 Å². The molecule has 238 valence electrons. The standard InChI is InChI=1S/C42H58O2/c1-32(2)18-14-21-35(5)24-16-26-36(6)25-15-22-33(3)19-12-13-20-34(4)23-17-27-37(7)28-29-41-38(8)30-40(44-39(9)43)31-42(41,10)11/h12-13,15-20,22-29,40H,14,21,30-31H2,1-11H3/b13-12+,22-15+,23-17+,26-16+,29-28+,33-19+,34-20+,35-24+,36-25+,37-27+. The first-order chi connectivity index (χ1) is 20.7. The fourth-order valence-electron chi connectivity index (χ4n) is 5.06. The summed E-state index contributed by atoms with van der Waals surface area (Å²) in [5.41, 5.74) is 10.2. The molecule has 0 aromatic carbocycles. The zero-order valence-corrected chi connectivity index (χ0v) is 29.5. The molecular weight excluding hydrogens is 536 g/mol. The predicted octanol–water partition coefficient (Wildman–Crippen LogP) is 12.3. The molecule has 0 aromatic rings. The molecule has 44 heavy (non-hydrogen) atoms. The molecule has 0 heterocycles. The van der Waals surface area contributed by atoms with Crippen molar-refractivity contribution in [2.24, 2.45) is 5.41 Å². The molecule has 0 bridgehead atoms. The minimum Gasteiger partial charge on any atom is -0.462 e.